The molecule has 0 bridgehead atoms. The fourth-order valence-electron chi connectivity index (χ4n) is 8.79. The Kier molecular flexibility index (Phi) is 5.80. The summed E-state index contributed by atoms with van der Waals surface area (Å²) in [6.07, 6.45) is 17.3. The van der Waals surface area contributed by atoms with Gasteiger partial charge >= 0.3 is 0 Å². The number of fused-ring (bicyclic) bond motifs is 5. The van der Waals surface area contributed by atoms with Gasteiger partial charge in [0.05, 0.1) is 6.10 Å². The molecule has 8 atom stereocenters. The molecule has 3 unspecified atom stereocenters. The lowest BCUT2D eigenvalue weighted by Gasteiger charge is -2.62. The third-order valence-corrected chi connectivity index (χ3v) is 10.4. The summed E-state index contributed by atoms with van der Waals surface area (Å²) in [6, 6.07) is 0. The molecule has 160 valence electrons. The zero-order valence-corrected chi connectivity index (χ0v) is 19.3. The minimum absolute atomic E-state index is 0.0326. The molecule has 0 heterocycles. The van der Waals surface area contributed by atoms with Crippen LogP contribution in [-0.2, 0) is 0 Å². The van der Waals surface area contributed by atoms with Gasteiger partial charge in [0.15, 0.2) is 0 Å². The van der Waals surface area contributed by atoms with E-state index in [9.17, 15) is 5.11 Å². The molecule has 4 aliphatic rings. The number of rotatable bonds is 4. The van der Waals surface area contributed by atoms with Crippen molar-refractivity contribution in [3.05, 3.63) is 11.6 Å². The van der Waals surface area contributed by atoms with Gasteiger partial charge in [-0.1, -0.05) is 52.2 Å². The quantitative estimate of drug-likeness (QED) is 0.499. The van der Waals surface area contributed by atoms with E-state index < -0.39 is 0 Å². The first-order chi connectivity index (χ1) is 13.3. The van der Waals surface area contributed by atoms with E-state index in [1.165, 1.54) is 64.2 Å². The van der Waals surface area contributed by atoms with Crippen LogP contribution in [0.25, 0.3) is 0 Å². The van der Waals surface area contributed by atoms with Crippen molar-refractivity contribution >= 4 is 0 Å². The van der Waals surface area contributed by atoms with Crippen molar-refractivity contribution in [2.75, 3.05) is 0 Å². The molecule has 0 aromatic carbocycles. The molecule has 4 aliphatic carbocycles. The average molecular weight is 387 g/mol. The molecule has 4 fully saturated rings. The van der Waals surface area contributed by atoms with Crippen LogP contribution in [0.4, 0.5) is 0 Å². The highest BCUT2D eigenvalue weighted by atomic mass is 16.3. The lowest BCUT2D eigenvalue weighted by Crippen LogP contribution is -2.57. The van der Waals surface area contributed by atoms with E-state index in [0.717, 1.165) is 36.0 Å². The highest BCUT2D eigenvalue weighted by molar-refractivity contribution is 5.18. The second kappa shape index (κ2) is 7.75. The highest BCUT2D eigenvalue weighted by Crippen LogP contribution is 2.68. The van der Waals surface area contributed by atoms with Crippen LogP contribution in [0.3, 0.4) is 0 Å². The Morgan fingerprint density at radius 2 is 1.75 bits per heavy atom. The minimum Gasteiger partial charge on any atom is -0.393 e. The minimum atomic E-state index is -0.0326. The number of aliphatic hydroxyl groups excluding tert-OH is 1. The van der Waals surface area contributed by atoms with Gasteiger partial charge in [-0.05, 0) is 111 Å². The largest absolute Gasteiger partial charge is 0.393 e. The first-order valence-corrected chi connectivity index (χ1v) is 12.6. The average Bonchev–Trinajstić information content (AvgIpc) is 2.99. The summed E-state index contributed by atoms with van der Waals surface area (Å²) in [4.78, 5) is 0. The Labute approximate surface area is 174 Å². The number of aliphatic hydroxyl groups is 1. The van der Waals surface area contributed by atoms with Crippen molar-refractivity contribution in [1.29, 1.82) is 0 Å². The van der Waals surface area contributed by atoms with Crippen molar-refractivity contribution in [2.45, 2.75) is 111 Å². The van der Waals surface area contributed by atoms with Crippen LogP contribution >= 0.6 is 0 Å². The molecule has 1 nitrogen and oxygen atoms in total. The van der Waals surface area contributed by atoms with Crippen molar-refractivity contribution < 1.29 is 5.11 Å². The predicted molar refractivity (Wildman–Crippen MR) is 119 cm³/mol. The summed E-state index contributed by atoms with van der Waals surface area (Å²) in [5, 5.41) is 11.3. The lowest BCUT2D eigenvalue weighted by molar-refractivity contribution is -0.161. The van der Waals surface area contributed by atoms with E-state index in [2.05, 4.69) is 40.7 Å². The van der Waals surface area contributed by atoms with Crippen LogP contribution in [0.1, 0.15) is 105 Å². The maximum Gasteiger partial charge on any atom is 0.0577 e. The molecule has 0 radical (unpaired) electrons. The molecule has 0 aromatic rings. The molecule has 4 rings (SSSR count). The van der Waals surface area contributed by atoms with E-state index in [0.29, 0.717) is 16.7 Å². The van der Waals surface area contributed by atoms with Crippen molar-refractivity contribution in [3.8, 4) is 0 Å². The normalized spacial score (nSPS) is 48.9. The predicted octanol–water partition coefficient (Wildman–Crippen LogP) is 7.39. The summed E-state index contributed by atoms with van der Waals surface area (Å²) >= 11 is 0. The molecular formula is C27H46O. The summed E-state index contributed by atoms with van der Waals surface area (Å²) in [5.74, 6) is 4.45. The summed E-state index contributed by atoms with van der Waals surface area (Å²) in [6.45, 7) is 12.3. The first kappa shape index (κ1) is 21.0. The van der Waals surface area contributed by atoms with Gasteiger partial charge in [0, 0.05) is 0 Å². The first-order valence-electron chi connectivity index (χ1n) is 12.6. The Morgan fingerprint density at radius 3 is 2.50 bits per heavy atom. The highest BCUT2D eigenvalue weighted by Gasteiger charge is 2.62. The summed E-state index contributed by atoms with van der Waals surface area (Å²) in [5.41, 5.74) is 2.61. The van der Waals surface area contributed by atoms with Crippen molar-refractivity contribution in [2.24, 2.45) is 46.3 Å². The maximum atomic E-state index is 11.3. The Bertz CT molecular complexity index is 591. The maximum absolute atomic E-state index is 11.3. The molecule has 0 amide bonds. The van der Waals surface area contributed by atoms with E-state index in [-0.39, 0.29) is 6.10 Å². The Hall–Kier alpha value is -0.300. The smallest absolute Gasteiger partial charge is 0.0577 e. The van der Waals surface area contributed by atoms with E-state index in [1.807, 2.05) is 0 Å². The van der Waals surface area contributed by atoms with Crippen LogP contribution < -0.4 is 0 Å². The Morgan fingerprint density at radius 1 is 1.00 bits per heavy atom. The molecular weight excluding hydrogens is 340 g/mol. The second-order valence-corrected chi connectivity index (χ2v) is 12.1. The van der Waals surface area contributed by atoms with Crippen LogP contribution in [-0.4, -0.2) is 11.2 Å². The van der Waals surface area contributed by atoms with E-state index >= 15 is 0 Å². The number of allylic oxidation sites excluding steroid dienone is 2. The molecule has 0 saturated heterocycles. The van der Waals surface area contributed by atoms with Crippen LogP contribution in [0.5, 0.6) is 0 Å². The zero-order chi connectivity index (χ0) is 20.1. The van der Waals surface area contributed by atoms with Gasteiger partial charge in [-0.3, -0.25) is 0 Å². The third kappa shape index (κ3) is 3.32. The Balaban J connectivity index is 1.55. The molecule has 0 spiro atoms. The van der Waals surface area contributed by atoms with Gasteiger partial charge < -0.3 is 5.11 Å². The van der Waals surface area contributed by atoms with Gasteiger partial charge in [0.25, 0.3) is 0 Å². The topological polar surface area (TPSA) is 20.2 Å². The lowest BCUT2D eigenvalue weighted by atomic mass is 9.44. The summed E-state index contributed by atoms with van der Waals surface area (Å²) < 4.78 is 0. The molecule has 1 N–H and O–H groups in total. The van der Waals surface area contributed by atoms with Gasteiger partial charge in [-0.2, -0.15) is 0 Å². The number of hydrogen-bond donors (Lipinski definition) is 1. The fourth-order valence-corrected chi connectivity index (χ4v) is 8.79. The van der Waals surface area contributed by atoms with Crippen molar-refractivity contribution in [3.63, 3.8) is 0 Å². The molecule has 1 heteroatoms. The standard InChI is InChI=1S/C27H46O/c1-18(2)9-8-10-19(3)21-12-13-22-25-23(14-16-27(21,22)5)26(4)15-7-6-11-20(26)17-24(25)28/h10,18,20-25,28H,6-9,11-17H2,1-5H3/b19-10-/t20-,21-,22?,23?,24-,25?,26+,27-/m1/s1. The molecule has 0 aromatic heterocycles. The fraction of sp³-hybridized carbons (Fsp3) is 0.926. The van der Waals surface area contributed by atoms with Gasteiger partial charge in [-0.25, -0.2) is 0 Å². The van der Waals surface area contributed by atoms with Gasteiger partial charge in [0.2, 0.25) is 0 Å². The molecule has 0 aliphatic heterocycles. The summed E-state index contributed by atoms with van der Waals surface area (Å²) in [7, 11) is 0. The monoisotopic (exact) mass is 386 g/mol. The zero-order valence-electron chi connectivity index (χ0n) is 19.3. The van der Waals surface area contributed by atoms with Crippen LogP contribution in [0, 0.1) is 46.3 Å². The second-order valence-electron chi connectivity index (χ2n) is 12.1. The van der Waals surface area contributed by atoms with E-state index in [4.69, 9.17) is 0 Å². The SMILES string of the molecule is C/C(=C/CCC(C)C)[C@H]1CCC2C3C(CC[C@@]21C)[C@@]1(C)CCCC[C@@H]1C[C@H]3O. The van der Waals surface area contributed by atoms with Crippen LogP contribution in [0.15, 0.2) is 11.6 Å². The molecule has 4 saturated carbocycles. The number of hydrogen-bond acceptors (Lipinski definition) is 1. The van der Waals surface area contributed by atoms with Crippen LogP contribution in [0.2, 0.25) is 0 Å². The molecule has 28 heavy (non-hydrogen) atoms. The van der Waals surface area contributed by atoms with Gasteiger partial charge in [-0.15, -0.1) is 0 Å². The van der Waals surface area contributed by atoms with Crippen molar-refractivity contribution in [1.82, 2.24) is 0 Å². The van der Waals surface area contributed by atoms with Gasteiger partial charge in [0.1, 0.15) is 0 Å². The third-order valence-electron chi connectivity index (χ3n) is 10.4. The van der Waals surface area contributed by atoms with E-state index in [1.54, 1.807) is 5.57 Å².